The number of ether oxygens (including phenoxy) is 1. The lowest BCUT2D eigenvalue weighted by Gasteiger charge is -2.25. The van der Waals surface area contributed by atoms with E-state index in [0.717, 1.165) is 21.2 Å². The van der Waals surface area contributed by atoms with Crippen LogP contribution in [0.4, 0.5) is 0 Å². The van der Waals surface area contributed by atoms with E-state index in [4.69, 9.17) is 4.74 Å². The summed E-state index contributed by atoms with van der Waals surface area (Å²) < 4.78 is 7.15. The number of aliphatic hydroxyl groups is 1. The molecule has 6 heteroatoms. The molecule has 2 atom stereocenters. The van der Waals surface area contributed by atoms with E-state index in [-0.39, 0.29) is 5.91 Å². The summed E-state index contributed by atoms with van der Waals surface area (Å²) in [6.45, 7) is 0.932. The Kier molecular flexibility index (Phi) is 8.34. The van der Waals surface area contributed by atoms with Gasteiger partial charge in [-0.1, -0.05) is 94.8 Å². The Morgan fingerprint density at radius 3 is 2.37 bits per heavy atom. The second-order valence-electron chi connectivity index (χ2n) is 9.29. The third kappa shape index (κ3) is 6.40. The number of carbonyl (C=O) groups is 1. The SMILES string of the molecule is O=C(N[C@@H](Cc1ccccc1)[C@H](O)CNCc1cccc(Br)c1)C1=Cc2ccccc2Oc2ccccc21. The van der Waals surface area contributed by atoms with Gasteiger partial charge in [-0.05, 0) is 47.9 Å². The number of nitrogens with one attached hydrogen (secondary N) is 2. The summed E-state index contributed by atoms with van der Waals surface area (Å²) in [7, 11) is 0. The van der Waals surface area contributed by atoms with E-state index in [1.54, 1.807) is 0 Å². The summed E-state index contributed by atoms with van der Waals surface area (Å²) in [5, 5.41) is 17.7. The predicted molar refractivity (Wildman–Crippen MR) is 155 cm³/mol. The molecule has 0 fully saturated rings. The summed E-state index contributed by atoms with van der Waals surface area (Å²) in [6.07, 6.45) is 1.54. The van der Waals surface area contributed by atoms with Gasteiger partial charge in [0.1, 0.15) is 11.5 Å². The van der Waals surface area contributed by atoms with Gasteiger partial charge in [-0.25, -0.2) is 0 Å². The first-order valence-electron chi connectivity index (χ1n) is 12.6. The zero-order chi connectivity index (χ0) is 26.3. The van der Waals surface area contributed by atoms with Crippen LogP contribution >= 0.6 is 15.9 Å². The molecule has 3 N–H and O–H groups in total. The van der Waals surface area contributed by atoms with Crippen molar-refractivity contribution in [1.29, 1.82) is 0 Å². The Bertz CT molecular complexity index is 1440. The second kappa shape index (κ2) is 12.2. The lowest BCUT2D eigenvalue weighted by molar-refractivity contribution is -0.117. The van der Waals surface area contributed by atoms with E-state index in [2.05, 4.69) is 26.6 Å². The molecule has 0 unspecified atom stereocenters. The molecule has 0 bridgehead atoms. The molecule has 0 radical (unpaired) electrons. The van der Waals surface area contributed by atoms with Gasteiger partial charge in [0, 0.05) is 28.7 Å². The molecule has 4 aromatic carbocycles. The quantitative estimate of drug-likeness (QED) is 0.232. The van der Waals surface area contributed by atoms with Crippen LogP contribution in [0.15, 0.2) is 108 Å². The number of hydrogen-bond acceptors (Lipinski definition) is 4. The molecule has 1 heterocycles. The molecule has 0 spiro atoms. The molecule has 5 nitrogen and oxygen atoms in total. The van der Waals surface area contributed by atoms with Crippen molar-refractivity contribution in [3.8, 4) is 11.5 Å². The summed E-state index contributed by atoms with van der Waals surface area (Å²) in [5.41, 5.74) is 4.17. The van der Waals surface area contributed by atoms with E-state index in [1.165, 1.54) is 0 Å². The maximum absolute atomic E-state index is 13.8. The Hall–Kier alpha value is -3.71. The molecule has 0 saturated heterocycles. The Labute approximate surface area is 231 Å². The van der Waals surface area contributed by atoms with Gasteiger partial charge in [0.15, 0.2) is 0 Å². The van der Waals surface area contributed by atoms with Crippen molar-refractivity contribution < 1.29 is 14.6 Å². The number of amides is 1. The molecular formula is C32H29BrN2O3. The maximum atomic E-state index is 13.8. The third-order valence-electron chi connectivity index (χ3n) is 6.51. The highest BCUT2D eigenvalue weighted by molar-refractivity contribution is 9.10. The molecule has 192 valence electrons. The molecule has 4 aromatic rings. The number of benzene rings is 4. The lowest BCUT2D eigenvalue weighted by atomic mass is 9.98. The Balaban J connectivity index is 1.37. The fourth-order valence-electron chi connectivity index (χ4n) is 4.56. The van der Waals surface area contributed by atoms with Crippen LogP contribution in [0, 0.1) is 0 Å². The zero-order valence-corrected chi connectivity index (χ0v) is 22.4. The van der Waals surface area contributed by atoms with Gasteiger partial charge < -0.3 is 20.5 Å². The number of halogens is 1. The van der Waals surface area contributed by atoms with Crippen molar-refractivity contribution in [1.82, 2.24) is 10.6 Å². The van der Waals surface area contributed by atoms with Gasteiger partial charge in [-0.2, -0.15) is 0 Å². The van der Waals surface area contributed by atoms with E-state index >= 15 is 0 Å². The number of aliphatic hydroxyl groups excluding tert-OH is 1. The maximum Gasteiger partial charge on any atom is 0.252 e. The predicted octanol–water partition coefficient (Wildman–Crippen LogP) is 5.97. The standard InChI is InChI=1S/C32H29BrN2O3/c33-25-13-8-11-23(17-25)20-34-21-29(36)28(18-22-9-2-1-3-10-22)35-32(37)27-19-24-12-4-6-15-30(24)38-31-16-7-5-14-26(27)31/h1-17,19,28-29,34,36H,18,20-21H2,(H,35,37)/t28-,29+/m0/s1. The van der Waals surface area contributed by atoms with Crippen LogP contribution in [0.1, 0.15) is 22.3 Å². The van der Waals surface area contributed by atoms with Crippen LogP contribution < -0.4 is 15.4 Å². The van der Waals surface area contributed by atoms with E-state index in [9.17, 15) is 9.90 Å². The minimum absolute atomic E-state index is 0.260. The fourth-order valence-corrected chi connectivity index (χ4v) is 5.01. The van der Waals surface area contributed by atoms with Crippen LogP contribution in [-0.4, -0.2) is 29.7 Å². The summed E-state index contributed by atoms with van der Waals surface area (Å²) in [4.78, 5) is 13.8. The number of hydrogen-bond donors (Lipinski definition) is 3. The van der Waals surface area contributed by atoms with Gasteiger partial charge in [0.2, 0.25) is 0 Å². The van der Waals surface area contributed by atoms with E-state index < -0.39 is 12.1 Å². The van der Waals surface area contributed by atoms with Crippen molar-refractivity contribution in [2.45, 2.75) is 25.1 Å². The summed E-state index contributed by atoms with van der Waals surface area (Å²) in [5.74, 6) is 1.06. The Morgan fingerprint density at radius 2 is 1.55 bits per heavy atom. The van der Waals surface area contributed by atoms with Crippen LogP contribution in [0.2, 0.25) is 0 Å². The van der Waals surface area contributed by atoms with Crippen LogP contribution in [0.3, 0.4) is 0 Å². The van der Waals surface area contributed by atoms with Crippen LogP contribution in [0.25, 0.3) is 11.6 Å². The molecule has 1 aliphatic heterocycles. The fraction of sp³-hybridized carbons (Fsp3) is 0.156. The molecule has 5 rings (SSSR count). The highest BCUT2D eigenvalue weighted by atomic mass is 79.9. The van der Waals surface area contributed by atoms with Crippen molar-refractivity contribution in [3.63, 3.8) is 0 Å². The highest BCUT2D eigenvalue weighted by Crippen LogP contribution is 2.37. The summed E-state index contributed by atoms with van der Waals surface area (Å²) in [6, 6.07) is 32.6. The monoisotopic (exact) mass is 568 g/mol. The zero-order valence-electron chi connectivity index (χ0n) is 20.8. The second-order valence-corrected chi connectivity index (χ2v) is 10.2. The third-order valence-corrected chi connectivity index (χ3v) is 7.00. The average Bonchev–Trinajstić information content (AvgIpc) is 3.10. The van der Waals surface area contributed by atoms with Gasteiger partial charge in [0.05, 0.1) is 17.7 Å². The van der Waals surface area contributed by atoms with Gasteiger partial charge in [-0.15, -0.1) is 0 Å². The minimum atomic E-state index is -0.809. The smallest absolute Gasteiger partial charge is 0.252 e. The lowest BCUT2D eigenvalue weighted by Crippen LogP contribution is -2.48. The molecule has 0 saturated carbocycles. The molecule has 38 heavy (non-hydrogen) atoms. The first kappa shape index (κ1) is 25.9. The minimum Gasteiger partial charge on any atom is -0.456 e. The normalized spacial score (nSPS) is 13.7. The van der Waals surface area contributed by atoms with Crippen molar-refractivity contribution in [2.75, 3.05) is 6.54 Å². The van der Waals surface area contributed by atoms with Crippen LogP contribution in [0.5, 0.6) is 11.5 Å². The topological polar surface area (TPSA) is 70.6 Å². The molecule has 1 amide bonds. The van der Waals surface area contributed by atoms with Gasteiger partial charge in [-0.3, -0.25) is 4.79 Å². The first-order valence-corrected chi connectivity index (χ1v) is 13.4. The number of fused-ring (bicyclic) bond motifs is 2. The Morgan fingerprint density at radius 1 is 0.842 bits per heavy atom. The van der Waals surface area contributed by atoms with Gasteiger partial charge >= 0.3 is 0 Å². The number of rotatable bonds is 9. The molecule has 0 aliphatic carbocycles. The molecular weight excluding hydrogens is 540 g/mol. The largest absolute Gasteiger partial charge is 0.456 e. The summed E-state index contributed by atoms with van der Waals surface area (Å²) >= 11 is 3.50. The van der Waals surface area contributed by atoms with Crippen LogP contribution in [-0.2, 0) is 17.8 Å². The van der Waals surface area contributed by atoms with Crippen molar-refractivity contribution in [2.24, 2.45) is 0 Å². The van der Waals surface area contributed by atoms with Crippen molar-refractivity contribution in [3.05, 3.63) is 130 Å². The molecule has 0 aromatic heterocycles. The first-order chi connectivity index (χ1) is 18.6. The number of carbonyl (C=O) groups excluding carboxylic acids is 1. The van der Waals surface area contributed by atoms with E-state index in [0.29, 0.717) is 42.1 Å². The molecule has 1 aliphatic rings. The van der Waals surface area contributed by atoms with E-state index in [1.807, 2.05) is 109 Å². The van der Waals surface area contributed by atoms with Crippen molar-refractivity contribution >= 4 is 33.5 Å². The number of para-hydroxylation sites is 2. The average molecular weight is 569 g/mol. The highest BCUT2D eigenvalue weighted by Gasteiger charge is 2.26. The van der Waals surface area contributed by atoms with Gasteiger partial charge in [0.25, 0.3) is 5.91 Å².